The first-order chi connectivity index (χ1) is 5.24. The molecular formula is C7H4FNO2. The van der Waals surface area contributed by atoms with Gasteiger partial charge in [-0.15, -0.1) is 0 Å². The standard InChI is InChI=1S/C7H4FNO2/c8-7-2-1-5(3-9-7)6(11)4-10/h1-4H. The molecule has 0 radical (unpaired) electrons. The number of carbonyl (C=O) groups is 2. The van der Waals surface area contributed by atoms with Gasteiger partial charge in [0, 0.05) is 11.8 Å². The van der Waals surface area contributed by atoms with Crippen LogP contribution in [0.5, 0.6) is 0 Å². The van der Waals surface area contributed by atoms with E-state index in [-0.39, 0.29) is 11.8 Å². The van der Waals surface area contributed by atoms with Crippen LogP contribution in [0.4, 0.5) is 4.39 Å². The second-order valence-corrected chi connectivity index (χ2v) is 1.85. The van der Waals surface area contributed by atoms with Crippen molar-refractivity contribution in [3.8, 4) is 0 Å². The fourth-order valence-corrected chi connectivity index (χ4v) is 0.590. The highest BCUT2D eigenvalue weighted by atomic mass is 19.1. The van der Waals surface area contributed by atoms with Crippen molar-refractivity contribution >= 4 is 12.1 Å². The molecule has 0 N–H and O–H groups in total. The Kier molecular flexibility index (Phi) is 2.06. The highest BCUT2D eigenvalue weighted by molar-refractivity contribution is 6.33. The molecule has 56 valence electrons. The summed E-state index contributed by atoms with van der Waals surface area (Å²) >= 11 is 0. The summed E-state index contributed by atoms with van der Waals surface area (Å²) in [7, 11) is 0. The van der Waals surface area contributed by atoms with E-state index in [1.54, 1.807) is 0 Å². The van der Waals surface area contributed by atoms with Gasteiger partial charge in [-0.1, -0.05) is 0 Å². The molecule has 0 aliphatic rings. The Balaban J connectivity index is 2.98. The maximum atomic E-state index is 12.1. The quantitative estimate of drug-likeness (QED) is 0.270. The fraction of sp³-hybridized carbons (Fsp3) is 0. The highest BCUT2D eigenvalue weighted by Crippen LogP contribution is 1.98. The van der Waals surface area contributed by atoms with Gasteiger partial charge < -0.3 is 0 Å². The maximum absolute atomic E-state index is 12.1. The van der Waals surface area contributed by atoms with Crippen LogP contribution in [0.2, 0.25) is 0 Å². The van der Waals surface area contributed by atoms with Crippen LogP contribution in [-0.4, -0.2) is 17.1 Å². The van der Waals surface area contributed by atoms with Crippen molar-refractivity contribution in [2.45, 2.75) is 0 Å². The number of aldehydes is 1. The molecule has 1 rings (SSSR count). The first kappa shape index (κ1) is 7.53. The van der Waals surface area contributed by atoms with E-state index in [9.17, 15) is 14.0 Å². The van der Waals surface area contributed by atoms with Crippen molar-refractivity contribution < 1.29 is 14.0 Å². The first-order valence-corrected chi connectivity index (χ1v) is 2.85. The minimum atomic E-state index is -0.697. The highest BCUT2D eigenvalue weighted by Gasteiger charge is 2.02. The molecular weight excluding hydrogens is 149 g/mol. The maximum Gasteiger partial charge on any atom is 0.226 e. The van der Waals surface area contributed by atoms with Crippen molar-refractivity contribution in [2.75, 3.05) is 0 Å². The zero-order valence-corrected chi connectivity index (χ0v) is 5.45. The fourth-order valence-electron chi connectivity index (χ4n) is 0.590. The van der Waals surface area contributed by atoms with Crippen LogP contribution in [0.3, 0.4) is 0 Å². The Morgan fingerprint density at radius 3 is 2.73 bits per heavy atom. The van der Waals surface area contributed by atoms with E-state index in [0.717, 1.165) is 12.3 Å². The second-order valence-electron chi connectivity index (χ2n) is 1.85. The molecule has 1 heterocycles. The van der Waals surface area contributed by atoms with E-state index in [4.69, 9.17) is 0 Å². The van der Waals surface area contributed by atoms with Crippen LogP contribution in [0.25, 0.3) is 0 Å². The predicted octanol–water partition coefficient (Wildman–Crippen LogP) is 0.602. The van der Waals surface area contributed by atoms with Gasteiger partial charge in [0.25, 0.3) is 0 Å². The molecule has 0 saturated carbocycles. The zero-order valence-electron chi connectivity index (χ0n) is 5.45. The van der Waals surface area contributed by atoms with E-state index in [1.165, 1.54) is 6.07 Å². The molecule has 0 saturated heterocycles. The van der Waals surface area contributed by atoms with Gasteiger partial charge in [0.2, 0.25) is 11.7 Å². The molecule has 0 aliphatic carbocycles. The average molecular weight is 153 g/mol. The van der Waals surface area contributed by atoms with Gasteiger partial charge in [-0.05, 0) is 12.1 Å². The second kappa shape index (κ2) is 3.01. The van der Waals surface area contributed by atoms with Crippen LogP contribution >= 0.6 is 0 Å². The Hall–Kier alpha value is -1.58. The van der Waals surface area contributed by atoms with Crippen molar-refractivity contribution in [3.63, 3.8) is 0 Å². The molecule has 0 aromatic carbocycles. The summed E-state index contributed by atoms with van der Waals surface area (Å²) in [6, 6.07) is 2.23. The van der Waals surface area contributed by atoms with Crippen LogP contribution in [0.15, 0.2) is 18.3 Å². The molecule has 0 bridgehead atoms. The summed E-state index contributed by atoms with van der Waals surface area (Å²) in [5.41, 5.74) is 0.0985. The molecule has 1 aromatic rings. The Morgan fingerprint density at radius 2 is 2.27 bits per heavy atom. The number of carbonyl (C=O) groups excluding carboxylic acids is 2. The number of rotatable bonds is 2. The molecule has 0 aliphatic heterocycles. The average Bonchev–Trinajstić information content (AvgIpc) is 2.05. The van der Waals surface area contributed by atoms with Crippen molar-refractivity contribution in [1.82, 2.24) is 4.98 Å². The number of pyridine rings is 1. The number of hydrogen-bond acceptors (Lipinski definition) is 3. The SMILES string of the molecule is O=CC(=O)c1ccc(F)nc1. The minimum absolute atomic E-state index is 0.0985. The lowest BCUT2D eigenvalue weighted by molar-refractivity contribution is -0.104. The number of hydrogen-bond donors (Lipinski definition) is 0. The van der Waals surface area contributed by atoms with E-state index >= 15 is 0 Å². The van der Waals surface area contributed by atoms with Gasteiger partial charge in [-0.2, -0.15) is 4.39 Å². The monoisotopic (exact) mass is 153 g/mol. The molecule has 0 fully saturated rings. The summed E-state index contributed by atoms with van der Waals surface area (Å²) in [4.78, 5) is 23.7. The van der Waals surface area contributed by atoms with E-state index in [0.29, 0.717) is 0 Å². The van der Waals surface area contributed by atoms with Crippen LogP contribution < -0.4 is 0 Å². The Bertz CT molecular complexity index is 281. The summed E-state index contributed by atoms with van der Waals surface area (Å²) in [5, 5.41) is 0. The van der Waals surface area contributed by atoms with Crippen LogP contribution in [0.1, 0.15) is 10.4 Å². The number of Topliss-reactive ketones (excluding diaryl/α,β-unsaturated/α-hetero) is 1. The smallest absolute Gasteiger partial charge is 0.226 e. The lowest BCUT2D eigenvalue weighted by atomic mass is 10.2. The predicted molar refractivity (Wildman–Crippen MR) is 34.6 cm³/mol. The minimum Gasteiger partial charge on any atom is -0.294 e. The van der Waals surface area contributed by atoms with Crippen LogP contribution in [-0.2, 0) is 4.79 Å². The van der Waals surface area contributed by atoms with Gasteiger partial charge in [0.15, 0.2) is 6.29 Å². The molecule has 0 spiro atoms. The van der Waals surface area contributed by atoms with E-state index in [1.807, 2.05) is 0 Å². The van der Waals surface area contributed by atoms with Gasteiger partial charge in [-0.3, -0.25) is 9.59 Å². The third-order valence-electron chi connectivity index (χ3n) is 1.12. The molecule has 4 heteroatoms. The van der Waals surface area contributed by atoms with Gasteiger partial charge in [0.1, 0.15) is 0 Å². The van der Waals surface area contributed by atoms with Crippen LogP contribution in [0, 0.1) is 5.95 Å². The third kappa shape index (κ3) is 1.67. The van der Waals surface area contributed by atoms with E-state index in [2.05, 4.69) is 4.98 Å². The molecule has 11 heavy (non-hydrogen) atoms. The topological polar surface area (TPSA) is 47.0 Å². The molecule has 3 nitrogen and oxygen atoms in total. The molecule has 1 aromatic heterocycles. The number of aromatic nitrogens is 1. The molecule has 0 amide bonds. The normalized spacial score (nSPS) is 9.18. The molecule has 0 unspecified atom stereocenters. The Morgan fingerprint density at radius 1 is 1.55 bits per heavy atom. The van der Waals surface area contributed by atoms with Crippen molar-refractivity contribution in [3.05, 3.63) is 29.8 Å². The lowest BCUT2D eigenvalue weighted by Crippen LogP contribution is -2.00. The summed E-state index contributed by atoms with van der Waals surface area (Å²) in [5.74, 6) is -1.37. The number of nitrogens with zero attached hydrogens (tertiary/aromatic N) is 1. The largest absolute Gasteiger partial charge is 0.294 e. The Labute approximate surface area is 61.9 Å². The summed E-state index contributed by atoms with van der Waals surface area (Å²) in [6.07, 6.45) is 1.18. The summed E-state index contributed by atoms with van der Waals surface area (Å²) in [6.45, 7) is 0. The molecule has 0 atom stereocenters. The number of ketones is 1. The van der Waals surface area contributed by atoms with Crippen molar-refractivity contribution in [1.29, 1.82) is 0 Å². The van der Waals surface area contributed by atoms with Crippen molar-refractivity contribution in [2.24, 2.45) is 0 Å². The third-order valence-corrected chi connectivity index (χ3v) is 1.12. The van der Waals surface area contributed by atoms with Gasteiger partial charge >= 0.3 is 0 Å². The van der Waals surface area contributed by atoms with Gasteiger partial charge in [-0.25, -0.2) is 4.98 Å². The first-order valence-electron chi connectivity index (χ1n) is 2.85. The number of halogens is 1. The lowest BCUT2D eigenvalue weighted by Gasteiger charge is -1.90. The zero-order chi connectivity index (χ0) is 8.27. The van der Waals surface area contributed by atoms with E-state index < -0.39 is 11.7 Å². The van der Waals surface area contributed by atoms with Gasteiger partial charge in [0.05, 0.1) is 0 Å². The summed E-state index contributed by atoms with van der Waals surface area (Å²) < 4.78 is 12.1.